The topological polar surface area (TPSA) is 69.0 Å². The van der Waals surface area contributed by atoms with Crippen molar-refractivity contribution in [1.82, 2.24) is 19.9 Å². The van der Waals surface area contributed by atoms with Gasteiger partial charge in [0.1, 0.15) is 24.7 Å². The third-order valence-corrected chi connectivity index (χ3v) is 5.03. The van der Waals surface area contributed by atoms with Crippen molar-refractivity contribution in [3.63, 3.8) is 0 Å². The van der Waals surface area contributed by atoms with Crippen LogP contribution >= 0.6 is 11.6 Å². The average molecular weight is 421 g/mol. The Kier molecular flexibility index (Phi) is 5.95. The Morgan fingerprint density at radius 2 is 1.93 bits per heavy atom. The van der Waals surface area contributed by atoms with Gasteiger partial charge in [-0.1, -0.05) is 29.8 Å². The molecule has 2 aromatic heterocycles. The van der Waals surface area contributed by atoms with Gasteiger partial charge in [0.2, 0.25) is 5.91 Å². The largest absolute Gasteiger partial charge is 0.486 e. The molecule has 4 rings (SSSR count). The first kappa shape index (κ1) is 19.9. The van der Waals surface area contributed by atoms with Gasteiger partial charge in [0.05, 0.1) is 17.1 Å². The van der Waals surface area contributed by atoms with Crippen LogP contribution in [-0.4, -0.2) is 20.4 Å². The molecular weight excluding hydrogens is 400 g/mol. The summed E-state index contributed by atoms with van der Waals surface area (Å²) in [5.41, 5.74) is 2.66. The number of hydrogen-bond donors (Lipinski definition) is 1. The molecule has 0 spiro atoms. The zero-order valence-corrected chi connectivity index (χ0v) is 17.2. The van der Waals surface area contributed by atoms with Gasteiger partial charge >= 0.3 is 0 Å². The lowest BCUT2D eigenvalue weighted by Gasteiger charge is -2.15. The SMILES string of the molecule is CC(NC(=O)Cn1c(COc2ccc(Cl)cc2)nc2ccccc21)c1cccnc1. The minimum atomic E-state index is -0.144. The van der Waals surface area contributed by atoms with Crippen LogP contribution in [-0.2, 0) is 17.9 Å². The normalized spacial score (nSPS) is 11.9. The van der Waals surface area contributed by atoms with Gasteiger partial charge in [-0.2, -0.15) is 0 Å². The smallest absolute Gasteiger partial charge is 0.240 e. The Morgan fingerprint density at radius 1 is 1.13 bits per heavy atom. The third kappa shape index (κ3) is 4.60. The molecule has 152 valence electrons. The molecule has 0 aliphatic rings. The van der Waals surface area contributed by atoms with E-state index >= 15 is 0 Å². The van der Waals surface area contributed by atoms with Crippen molar-refractivity contribution in [2.75, 3.05) is 0 Å². The number of halogens is 1. The maximum atomic E-state index is 12.8. The van der Waals surface area contributed by atoms with E-state index in [1.807, 2.05) is 47.9 Å². The molecule has 0 aliphatic heterocycles. The molecule has 1 unspecified atom stereocenters. The first-order chi connectivity index (χ1) is 14.6. The van der Waals surface area contributed by atoms with E-state index in [4.69, 9.17) is 16.3 Å². The standard InChI is InChI=1S/C23H21ClN4O2/c1-16(17-5-4-12-25-13-17)26-23(29)14-28-21-7-3-2-6-20(21)27-22(28)15-30-19-10-8-18(24)9-11-19/h2-13,16H,14-15H2,1H3,(H,26,29). The van der Waals surface area contributed by atoms with Crippen molar-refractivity contribution in [1.29, 1.82) is 0 Å². The Morgan fingerprint density at radius 3 is 2.70 bits per heavy atom. The summed E-state index contributed by atoms with van der Waals surface area (Å²) in [6.07, 6.45) is 3.46. The Labute approximate surface area is 179 Å². The lowest BCUT2D eigenvalue weighted by molar-refractivity contribution is -0.122. The second-order valence-corrected chi connectivity index (χ2v) is 7.36. The Hall–Kier alpha value is -3.38. The van der Waals surface area contributed by atoms with Gasteiger partial charge < -0.3 is 14.6 Å². The van der Waals surface area contributed by atoms with E-state index in [-0.39, 0.29) is 25.1 Å². The molecule has 6 nitrogen and oxygen atoms in total. The summed E-state index contributed by atoms with van der Waals surface area (Å²) in [5, 5.41) is 3.67. The number of imidazole rings is 1. The number of para-hydroxylation sites is 2. The summed E-state index contributed by atoms with van der Waals surface area (Å²) < 4.78 is 7.75. The predicted octanol–water partition coefficient (Wildman–Crippen LogP) is 4.54. The molecule has 1 amide bonds. The van der Waals surface area contributed by atoms with Crippen molar-refractivity contribution < 1.29 is 9.53 Å². The highest BCUT2D eigenvalue weighted by molar-refractivity contribution is 6.30. The van der Waals surface area contributed by atoms with Crippen LogP contribution in [0.1, 0.15) is 24.4 Å². The number of benzene rings is 2. The predicted molar refractivity (Wildman–Crippen MR) is 116 cm³/mol. The summed E-state index contributed by atoms with van der Waals surface area (Å²) in [5.74, 6) is 1.25. The van der Waals surface area contributed by atoms with E-state index < -0.39 is 0 Å². The van der Waals surface area contributed by atoms with Gasteiger partial charge in [0, 0.05) is 17.4 Å². The summed E-state index contributed by atoms with van der Waals surface area (Å²) >= 11 is 5.93. The number of rotatable bonds is 7. The van der Waals surface area contributed by atoms with Crippen LogP contribution in [0.5, 0.6) is 5.75 Å². The lowest BCUT2D eigenvalue weighted by atomic mass is 10.1. The maximum absolute atomic E-state index is 12.8. The van der Waals surface area contributed by atoms with Crippen LogP contribution in [0.15, 0.2) is 73.1 Å². The molecule has 0 bridgehead atoms. The van der Waals surface area contributed by atoms with E-state index in [0.29, 0.717) is 16.6 Å². The number of ether oxygens (including phenoxy) is 1. The second kappa shape index (κ2) is 8.97. The Bertz CT molecular complexity index is 1140. The van der Waals surface area contributed by atoms with Crippen molar-refractivity contribution in [2.45, 2.75) is 26.1 Å². The second-order valence-electron chi connectivity index (χ2n) is 6.92. The molecule has 4 aromatic rings. The van der Waals surface area contributed by atoms with Gasteiger partial charge in [-0.05, 0) is 55.0 Å². The molecule has 2 aromatic carbocycles. The van der Waals surface area contributed by atoms with E-state index in [1.165, 1.54) is 0 Å². The molecule has 0 saturated carbocycles. The van der Waals surface area contributed by atoms with Crippen LogP contribution in [0, 0.1) is 0 Å². The molecule has 2 heterocycles. The maximum Gasteiger partial charge on any atom is 0.240 e. The van der Waals surface area contributed by atoms with E-state index in [9.17, 15) is 4.79 Å². The molecule has 30 heavy (non-hydrogen) atoms. The molecule has 1 N–H and O–H groups in total. The van der Waals surface area contributed by atoms with Crippen LogP contribution < -0.4 is 10.1 Å². The van der Waals surface area contributed by atoms with Crippen molar-refractivity contribution in [3.8, 4) is 5.75 Å². The summed E-state index contributed by atoms with van der Waals surface area (Å²) in [4.78, 5) is 21.5. The fraction of sp³-hybridized carbons (Fsp3) is 0.174. The third-order valence-electron chi connectivity index (χ3n) is 4.78. The first-order valence-electron chi connectivity index (χ1n) is 9.62. The molecule has 1 atom stereocenters. The number of aromatic nitrogens is 3. The van der Waals surface area contributed by atoms with Crippen LogP contribution in [0.2, 0.25) is 5.02 Å². The number of fused-ring (bicyclic) bond motifs is 1. The van der Waals surface area contributed by atoms with E-state index in [2.05, 4.69) is 15.3 Å². The summed E-state index contributed by atoms with van der Waals surface area (Å²) in [6.45, 7) is 2.32. The lowest BCUT2D eigenvalue weighted by Crippen LogP contribution is -2.30. The van der Waals surface area contributed by atoms with Gasteiger partial charge in [0.25, 0.3) is 0 Å². The highest BCUT2D eigenvalue weighted by Gasteiger charge is 2.16. The molecule has 7 heteroatoms. The van der Waals surface area contributed by atoms with Crippen LogP contribution in [0.4, 0.5) is 0 Å². The quantitative estimate of drug-likeness (QED) is 0.476. The van der Waals surface area contributed by atoms with Gasteiger partial charge in [-0.15, -0.1) is 0 Å². The molecule has 0 fully saturated rings. The number of nitrogens with zero attached hydrogens (tertiary/aromatic N) is 3. The van der Waals surface area contributed by atoms with Crippen LogP contribution in [0.3, 0.4) is 0 Å². The highest BCUT2D eigenvalue weighted by atomic mass is 35.5. The molecule has 0 saturated heterocycles. The van der Waals surface area contributed by atoms with Gasteiger partial charge in [-0.3, -0.25) is 9.78 Å². The number of amides is 1. The van der Waals surface area contributed by atoms with Crippen LogP contribution in [0.25, 0.3) is 11.0 Å². The van der Waals surface area contributed by atoms with Gasteiger partial charge in [-0.25, -0.2) is 4.98 Å². The molecule has 0 aliphatic carbocycles. The minimum Gasteiger partial charge on any atom is -0.486 e. The molecular formula is C23H21ClN4O2. The van der Waals surface area contributed by atoms with Crippen molar-refractivity contribution in [3.05, 3.63) is 89.5 Å². The first-order valence-corrected chi connectivity index (χ1v) is 10.00. The number of carbonyl (C=O) groups is 1. The monoisotopic (exact) mass is 420 g/mol. The highest BCUT2D eigenvalue weighted by Crippen LogP contribution is 2.20. The Balaban J connectivity index is 1.52. The van der Waals surface area contributed by atoms with Crippen molar-refractivity contribution >= 4 is 28.5 Å². The zero-order chi connectivity index (χ0) is 20.9. The minimum absolute atomic E-state index is 0.109. The van der Waals surface area contributed by atoms with E-state index in [1.54, 1.807) is 36.7 Å². The number of pyridine rings is 1. The number of carbonyl (C=O) groups excluding carboxylic acids is 1. The summed E-state index contributed by atoms with van der Waals surface area (Å²) in [6, 6.07) is 18.5. The van der Waals surface area contributed by atoms with Gasteiger partial charge in [0.15, 0.2) is 0 Å². The fourth-order valence-electron chi connectivity index (χ4n) is 3.24. The molecule has 0 radical (unpaired) electrons. The number of hydrogen-bond acceptors (Lipinski definition) is 4. The zero-order valence-electron chi connectivity index (χ0n) is 16.5. The van der Waals surface area contributed by atoms with Crippen molar-refractivity contribution in [2.24, 2.45) is 0 Å². The van der Waals surface area contributed by atoms with E-state index in [0.717, 1.165) is 16.6 Å². The fourth-order valence-corrected chi connectivity index (χ4v) is 3.36. The summed E-state index contributed by atoms with van der Waals surface area (Å²) in [7, 11) is 0. The number of nitrogens with one attached hydrogen (secondary N) is 1. The average Bonchev–Trinajstić information content (AvgIpc) is 3.11.